The maximum absolute atomic E-state index is 6.46. The fourth-order valence-electron chi connectivity index (χ4n) is 8.45. The highest BCUT2D eigenvalue weighted by atomic mass is 16.3. The number of rotatable bonds is 2. The minimum Gasteiger partial charge on any atom is -0.452 e. The lowest BCUT2D eigenvalue weighted by atomic mass is 10.0. The molecule has 0 aliphatic heterocycles. The zero-order valence-electron chi connectivity index (χ0n) is 26.1. The van der Waals surface area contributed by atoms with E-state index in [2.05, 4.69) is 118 Å². The van der Waals surface area contributed by atoms with Gasteiger partial charge in [-0.05, 0) is 35.7 Å². The van der Waals surface area contributed by atoms with Crippen molar-refractivity contribution in [2.75, 3.05) is 0 Å². The fraction of sp³-hybridized carbons (Fsp3) is 0. The Balaban J connectivity index is 1.33. The average Bonchev–Trinajstić information content (AvgIpc) is 3.90. The summed E-state index contributed by atoms with van der Waals surface area (Å²) in [5.41, 5.74) is 9.94. The maximum Gasteiger partial charge on any atom is 0.236 e. The Morgan fingerprint density at radius 3 is 2.06 bits per heavy atom. The van der Waals surface area contributed by atoms with Gasteiger partial charge < -0.3 is 8.82 Å². The van der Waals surface area contributed by atoms with Crippen molar-refractivity contribution in [1.29, 1.82) is 0 Å². The SMILES string of the molecule is c1ccc(-c2nc(-n3c4ccccc4c4c5c6ccc7ccccc7c6n6c7ccccc7c(cc43)c56)nc3c2oc2ccccc23)cc1. The van der Waals surface area contributed by atoms with Crippen molar-refractivity contribution in [3.05, 3.63) is 146 Å². The van der Waals surface area contributed by atoms with Gasteiger partial charge in [0, 0.05) is 48.7 Å². The molecule has 5 heteroatoms. The van der Waals surface area contributed by atoms with E-state index in [4.69, 9.17) is 14.4 Å². The molecule has 0 N–H and O–H groups in total. The molecule has 0 aliphatic carbocycles. The van der Waals surface area contributed by atoms with Crippen LogP contribution in [-0.4, -0.2) is 18.9 Å². The van der Waals surface area contributed by atoms with Crippen LogP contribution in [0, 0.1) is 0 Å². The molecule has 0 saturated heterocycles. The zero-order chi connectivity index (χ0) is 31.8. The molecule has 12 aromatic rings. The molecule has 5 aromatic heterocycles. The molecule has 0 bridgehead atoms. The normalized spacial score (nSPS) is 12.5. The highest BCUT2D eigenvalue weighted by Crippen LogP contribution is 2.48. The molecule has 226 valence electrons. The van der Waals surface area contributed by atoms with Crippen molar-refractivity contribution < 1.29 is 4.42 Å². The number of hydrogen-bond acceptors (Lipinski definition) is 3. The summed E-state index contributed by atoms with van der Waals surface area (Å²) in [5.74, 6) is 0.621. The summed E-state index contributed by atoms with van der Waals surface area (Å²) in [4.78, 5) is 10.7. The second kappa shape index (κ2) is 9.00. The van der Waals surface area contributed by atoms with E-state index < -0.39 is 0 Å². The quantitative estimate of drug-likeness (QED) is 0.192. The number of benzene rings is 7. The van der Waals surface area contributed by atoms with Crippen molar-refractivity contribution in [2.45, 2.75) is 0 Å². The van der Waals surface area contributed by atoms with Crippen LogP contribution in [0.3, 0.4) is 0 Å². The van der Waals surface area contributed by atoms with Crippen LogP contribution in [0.2, 0.25) is 0 Å². The number of para-hydroxylation sites is 3. The van der Waals surface area contributed by atoms with Crippen LogP contribution in [0.15, 0.2) is 150 Å². The van der Waals surface area contributed by atoms with Crippen LogP contribution in [0.4, 0.5) is 0 Å². The summed E-state index contributed by atoms with van der Waals surface area (Å²) >= 11 is 0. The summed E-state index contributed by atoms with van der Waals surface area (Å²) in [5, 5.41) is 10.8. The molecular formula is C44H24N4O. The molecule has 0 aliphatic rings. The Bertz CT molecular complexity index is 3330. The first kappa shape index (κ1) is 25.4. The van der Waals surface area contributed by atoms with E-state index in [0.29, 0.717) is 11.5 Å². The Kier molecular flexibility index (Phi) is 4.66. The molecule has 0 saturated carbocycles. The van der Waals surface area contributed by atoms with Gasteiger partial charge >= 0.3 is 0 Å². The van der Waals surface area contributed by atoms with E-state index in [0.717, 1.165) is 38.8 Å². The van der Waals surface area contributed by atoms with Gasteiger partial charge in [-0.2, -0.15) is 0 Å². The van der Waals surface area contributed by atoms with Crippen molar-refractivity contribution in [1.82, 2.24) is 18.9 Å². The standard InChI is InChI=1S/C44H24N4O/c1-2-13-26(14-3-1)39-43-40(30-18-8-11-21-36(30)49-43)46-44(45-39)47-34-20-10-7-17-29(34)37-35(47)24-32-28-16-6-9-19-33(28)48-41-27-15-5-4-12-25(27)22-23-31(41)38(37)42(32)48/h1-24H. The third-order valence-corrected chi connectivity index (χ3v) is 10.4. The number of nitrogens with zero attached hydrogens (tertiary/aromatic N) is 4. The first-order valence-electron chi connectivity index (χ1n) is 16.6. The van der Waals surface area contributed by atoms with Gasteiger partial charge in [-0.1, -0.05) is 115 Å². The first-order chi connectivity index (χ1) is 24.3. The van der Waals surface area contributed by atoms with Crippen LogP contribution in [0.5, 0.6) is 0 Å². The maximum atomic E-state index is 6.46. The van der Waals surface area contributed by atoms with Crippen molar-refractivity contribution in [3.63, 3.8) is 0 Å². The molecule has 0 amide bonds. The Hall–Kier alpha value is -6.72. The summed E-state index contributed by atoms with van der Waals surface area (Å²) in [6, 6.07) is 51.6. The Labute approximate surface area is 278 Å². The van der Waals surface area contributed by atoms with Crippen molar-refractivity contribution in [3.8, 4) is 17.2 Å². The van der Waals surface area contributed by atoms with Crippen LogP contribution in [-0.2, 0) is 0 Å². The molecule has 0 fully saturated rings. The highest BCUT2D eigenvalue weighted by molar-refractivity contribution is 6.37. The van der Waals surface area contributed by atoms with E-state index in [1.54, 1.807) is 0 Å². The molecule has 0 atom stereocenters. The molecule has 12 rings (SSSR count). The van der Waals surface area contributed by atoms with Crippen molar-refractivity contribution in [2.24, 2.45) is 0 Å². The molecular weight excluding hydrogens is 601 g/mol. The number of fused-ring (bicyclic) bond motifs is 15. The lowest BCUT2D eigenvalue weighted by molar-refractivity contribution is 0.666. The van der Waals surface area contributed by atoms with Gasteiger partial charge in [-0.25, -0.2) is 9.97 Å². The van der Waals surface area contributed by atoms with E-state index in [1.807, 2.05) is 36.4 Å². The lowest BCUT2D eigenvalue weighted by Gasteiger charge is -2.09. The summed E-state index contributed by atoms with van der Waals surface area (Å²) in [7, 11) is 0. The summed E-state index contributed by atoms with van der Waals surface area (Å²) in [6.07, 6.45) is 0. The molecule has 5 heterocycles. The van der Waals surface area contributed by atoms with Gasteiger partial charge in [-0.15, -0.1) is 0 Å². The van der Waals surface area contributed by atoms with Gasteiger partial charge in [0.25, 0.3) is 0 Å². The first-order valence-corrected chi connectivity index (χ1v) is 16.6. The van der Waals surface area contributed by atoms with Gasteiger partial charge in [0.2, 0.25) is 5.95 Å². The summed E-state index contributed by atoms with van der Waals surface area (Å²) < 4.78 is 11.2. The third-order valence-electron chi connectivity index (χ3n) is 10.4. The topological polar surface area (TPSA) is 48.3 Å². The van der Waals surface area contributed by atoms with Crippen LogP contribution in [0.25, 0.3) is 110 Å². The van der Waals surface area contributed by atoms with Gasteiger partial charge in [0.15, 0.2) is 5.58 Å². The van der Waals surface area contributed by atoms with Crippen LogP contribution >= 0.6 is 0 Å². The predicted molar refractivity (Wildman–Crippen MR) is 201 cm³/mol. The number of furan rings is 1. The number of aromatic nitrogens is 4. The van der Waals surface area contributed by atoms with Gasteiger partial charge in [0.1, 0.15) is 16.8 Å². The molecule has 7 aromatic carbocycles. The Morgan fingerprint density at radius 2 is 1.18 bits per heavy atom. The van der Waals surface area contributed by atoms with E-state index >= 15 is 0 Å². The van der Waals surface area contributed by atoms with Crippen LogP contribution in [0.1, 0.15) is 0 Å². The molecule has 0 spiro atoms. The average molecular weight is 625 g/mol. The predicted octanol–water partition coefficient (Wildman–Crippen LogP) is 11.4. The second-order valence-electron chi connectivity index (χ2n) is 12.9. The van der Waals surface area contributed by atoms with Gasteiger partial charge in [-0.3, -0.25) is 4.57 Å². The minimum absolute atomic E-state index is 0.621. The largest absolute Gasteiger partial charge is 0.452 e. The molecule has 49 heavy (non-hydrogen) atoms. The monoisotopic (exact) mass is 624 g/mol. The third kappa shape index (κ3) is 3.15. The smallest absolute Gasteiger partial charge is 0.236 e. The molecule has 5 nitrogen and oxygen atoms in total. The minimum atomic E-state index is 0.621. The van der Waals surface area contributed by atoms with Crippen molar-refractivity contribution >= 4 is 92.7 Å². The van der Waals surface area contributed by atoms with E-state index in [-0.39, 0.29) is 0 Å². The highest BCUT2D eigenvalue weighted by Gasteiger charge is 2.26. The Morgan fingerprint density at radius 1 is 0.469 bits per heavy atom. The van der Waals surface area contributed by atoms with E-state index in [1.165, 1.54) is 59.6 Å². The van der Waals surface area contributed by atoms with Gasteiger partial charge in [0.05, 0.1) is 27.6 Å². The molecule has 0 unspecified atom stereocenters. The summed E-state index contributed by atoms with van der Waals surface area (Å²) in [6.45, 7) is 0. The molecule has 0 radical (unpaired) electrons. The second-order valence-corrected chi connectivity index (χ2v) is 12.9. The lowest BCUT2D eigenvalue weighted by Crippen LogP contribution is -2.02. The fourth-order valence-corrected chi connectivity index (χ4v) is 8.45. The number of hydrogen-bond donors (Lipinski definition) is 0. The zero-order valence-corrected chi connectivity index (χ0v) is 26.1. The van der Waals surface area contributed by atoms with E-state index in [9.17, 15) is 0 Å². The van der Waals surface area contributed by atoms with Crippen LogP contribution < -0.4 is 0 Å².